The molecule has 0 amide bonds. The molecule has 0 radical (unpaired) electrons. The fraction of sp³-hybridized carbons (Fsp3) is 0.484. The largest absolute Gasteiger partial charge is 0.497 e. The fourth-order valence-corrected chi connectivity index (χ4v) is 2.36. The molecule has 192 valence electrons. The third kappa shape index (κ3) is 16.1. The van der Waals surface area contributed by atoms with Crippen LogP contribution in [0.1, 0.15) is 73.8 Å². The summed E-state index contributed by atoms with van der Waals surface area (Å²) in [7, 11) is 1.68. The molecule has 0 N–H and O–H groups in total. The van der Waals surface area contributed by atoms with E-state index in [2.05, 4.69) is 45.9 Å². The molecule has 1 saturated heterocycles. The topological polar surface area (TPSA) is 31.0 Å². The first kappa shape index (κ1) is 33.7. The molecule has 1 aliphatic heterocycles. The van der Waals surface area contributed by atoms with Crippen LogP contribution in [0.4, 0.5) is 0 Å². The Hall–Kier alpha value is -2.52. The molecule has 0 bridgehead atoms. The van der Waals surface area contributed by atoms with Gasteiger partial charge in [-0.15, -0.1) is 0 Å². The summed E-state index contributed by atoms with van der Waals surface area (Å²) in [6.07, 6.45) is 2.84. The van der Waals surface area contributed by atoms with Crippen LogP contribution < -0.4 is 9.47 Å². The number of benzene rings is 3. The van der Waals surface area contributed by atoms with Crippen molar-refractivity contribution in [2.45, 2.75) is 81.3 Å². The number of rotatable bonds is 4. The highest BCUT2D eigenvalue weighted by Gasteiger charge is 2.23. The van der Waals surface area contributed by atoms with Crippen LogP contribution in [-0.4, -0.2) is 26.4 Å². The summed E-state index contributed by atoms with van der Waals surface area (Å²) in [6.45, 7) is 20.1. The number of aryl methyl sites for hydroxylation is 1. The summed E-state index contributed by atoms with van der Waals surface area (Å²) in [5.74, 6) is 1.88. The van der Waals surface area contributed by atoms with Gasteiger partial charge in [-0.3, -0.25) is 0 Å². The second-order valence-electron chi connectivity index (χ2n) is 7.16. The molecule has 0 aromatic heterocycles. The van der Waals surface area contributed by atoms with Gasteiger partial charge in [0.15, 0.2) is 0 Å². The maximum Gasteiger partial charge on any atom is 0.122 e. The predicted molar refractivity (Wildman–Crippen MR) is 152 cm³/mol. The maximum atomic E-state index is 5.54. The van der Waals surface area contributed by atoms with Crippen molar-refractivity contribution in [3.05, 3.63) is 72.3 Å². The molecule has 1 fully saturated rings. The van der Waals surface area contributed by atoms with Crippen LogP contribution in [0.3, 0.4) is 0 Å². The van der Waals surface area contributed by atoms with Gasteiger partial charge in [-0.25, -0.2) is 0 Å². The minimum absolute atomic E-state index is 0.338. The van der Waals surface area contributed by atoms with Crippen molar-refractivity contribution < 1.29 is 14.2 Å². The molecule has 3 heteroatoms. The molecule has 1 atom stereocenters. The van der Waals surface area contributed by atoms with E-state index < -0.39 is 0 Å². The van der Waals surface area contributed by atoms with E-state index in [4.69, 9.17) is 14.2 Å². The number of para-hydroxylation sites is 1. The van der Waals surface area contributed by atoms with Gasteiger partial charge in [-0.1, -0.05) is 117 Å². The molecule has 0 spiro atoms. The van der Waals surface area contributed by atoms with Gasteiger partial charge >= 0.3 is 0 Å². The number of methoxy groups -OCH3 is 1. The van der Waals surface area contributed by atoms with Crippen LogP contribution in [0, 0.1) is 6.92 Å². The summed E-state index contributed by atoms with van der Waals surface area (Å²) in [4.78, 5) is 0. The molecule has 3 aromatic carbocycles. The SMILES string of the molecule is CC.CC.CCC.CCC.COc1ccc2ccccc2c1.Cc1ccccc1OCC1CO1. The lowest BCUT2D eigenvalue weighted by Crippen LogP contribution is -2.04. The first-order valence-electron chi connectivity index (χ1n) is 12.9. The molecular weight excluding hydrogens is 420 g/mol. The molecule has 3 aromatic rings. The van der Waals surface area contributed by atoms with Crippen molar-refractivity contribution in [1.82, 2.24) is 0 Å². The van der Waals surface area contributed by atoms with Gasteiger partial charge in [-0.2, -0.15) is 0 Å². The van der Waals surface area contributed by atoms with Crippen LogP contribution >= 0.6 is 0 Å². The Labute approximate surface area is 210 Å². The molecule has 1 unspecified atom stereocenters. The predicted octanol–water partition coefficient (Wildman–Crippen LogP) is 9.51. The quantitative estimate of drug-likeness (QED) is 0.356. The lowest BCUT2D eigenvalue weighted by atomic mass is 10.1. The Morgan fingerprint density at radius 3 is 1.76 bits per heavy atom. The van der Waals surface area contributed by atoms with Crippen molar-refractivity contribution >= 4 is 10.8 Å². The van der Waals surface area contributed by atoms with Gasteiger partial charge < -0.3 is 14.2 Å². The zero-order valence-electron chi connectivity index (χ0n) is 23.5. The van der Waals surface area contributed by atoms with Crippen molar-refractivity contribution in [1.29, 1.82) is 0 Å². The molecule has 1 aliphatic rings. The number of ether oxygens (including phenoxy) is 3. The first-order valence-corrected chi connectivity index (χ1v) is 12.9. The van der Waals surface area contributed by atoms with Gasteiger partial charge in [0.25, 0.3) is 0 Å². The fourth-order valence-electron chi connectivity index (χ4n) is 2.36. The number of hydrogen-bond acceptors (Lipinski definition) is 3. The first-order chi connectivity index (χ1) is 16.6. The third-order valence-corrected chi connectivity index (χ3v) is 3.88. The third-order valence-electron chi connectivity index (χ3n) is 3.88. The summed E-state index contributed by atoms with van der Waals surface area (Å²) >= 11 is 0. The summed E-state index contributed by atoms with van der Waals surface area (Å²) in [6, 6.07) is 22.3. The lowest BCUT2D eigenvalue weighted by Gasteiger charge is -2.06. The maximum absolute atomic E-state index is 5.54. The standard InChI is InChI=1S/C11H10O.C10H12O2.2C3H8.2C2H6/c1-12-11-7-6-9-4-2-3-5-10(9)8-11;1-8-4-2-3-5-10(8)12-7-9-6-11-9;2*1-3-2;2*1-2/h2-8H,1H3;2-5,9H,6-7H2,1H3;2*3H2,1-2H3;2*1-2H3. The van der Waals surface area contributed by atoms with Crippen LogP contribution in [0.2, 0.25) is 0 Å². The van der Waals surface area contributed by atoms with Gasteiger partial charge in [-0.05, 0) is 41.5 Å². The molecule has 0 saturated carbocycles. The Bertz CT molecular complexity index is 824. The molecule has 1 heterocycles. The van der Waals surface area contributed by atoms with Crippen molar-refractivity contribution in [2.75, 3.05) is 20.3 Å². The zero-order chi connectivity index (χ0) is 26.2. The van der Waals surface area contributed by atoms with E-state index in [1.54, 1.807) is 7.11 Å². The molecule has 34 heavy (non-hydrogen) atoms. The van der Waals surface area contributed by atoms with E-state index in [9.17, 15) is 0 Å². The summed E-state index contributed by atoms with van der Waals surface area (Å²) in [5, 5.41) is 2.47. The van der Waals surface area contributed by atoms with E-state index in [0.29, 0.717) is 12.7 Å². The number of epoxide rings is 1. The smallest absolute Gasteiger partial charge is 0.122 e. The van der Waals surface area contributed by atoms with Crippen molar-refractivity contribution in [2.24, 2.45) is 0 Å². The molecule has 4 rings (SSSR count). The van der Waals surface area contributed by atoms with Gasteiger partial charge in [0.2, 0.25) is 0 Å². The van der Waals surface area contributed by atoms with Gasteiger partial charge in [0.05, 0.1) is 13.7 Å². The minimum atomic E-state index is 0.338. The Kier molecular flexibility index (Phi) is 23.4. The highest BCUT2D eigenvalue weighted by Crippen LogP contribution is 2.20. The van der Waals surface area contributed by atoms with E-state index in [1.165, 1.54) is 29.2 Å². The Balaban J connectivity index is 0. The van der Waals surface area contributed by atoms with Crippen LogP contribution in [-0.2, 0) is 4.74 Å². The van der Waals surface area contributed by atoms with E-state index in [1.807, 2.05) is 83.1 Å². The molecule has 0 aliphatic carbocycles. The normalized spacial score (nSPS) is 12.2. The molecular formula is C31H50O3. The lowest BCUT2D eigenvalue weighted by molar-refractivity contribution is 0.262. The Morgan fingerprint density at radius 1 is 0.765 bits per heavy atom. The average Bonchev–Trinajstić information content (AvgIpc) is 3.72. The van der Waals surface area contributed by atoms with E-state index >= 15 is 0 Å². The second kappa shape index (κ2) is 23.6. The van der Waals surface area contributed by atoms with Gasteiger partial charge in [0, 0.05) is 0 Å². The number of fused-ring (bicyclic) bond motifs is 1. The Morgan fingerprint density at radius 2 is 1.26 bits per heavy atom. The van der Waals surface area contributed by atoms with Crippen LogP contribution in [0.5, 0.6) is 11.5 Å². The van der Waals surface area contributed by atoms with E-state index in [-0.39, 0.29) is 0 Å². The molecule has 3 nitrogen and oxygen atoms in total. The van der Waals surface area contributed by atoms with Crippen molar-refractivity contribution in [3.8, 4) is 11.5 Å². The van der Waals surface area contributed by atoms with Crippen molar-refractivity contribution in [3.63, 3.8) is 0 Å². The monoisotopic (exact) mass is 470 g/mol. The van der Waals surface area contributed by atoms with Crippen LogP contribution in [0.15, 0.2) is 66.7 Å². The highest BCUT2D eigenvalue weighted by atomic mass is 16.6. The minimum Gasteiger partial charge on any atom is -0.497 e. The summed E-state index contributed by atoms with van der Waals surface area (Å²) < 4.78 is 15.7. The summed E-state index contributed by atoms with van der Waals surface area (Å²) in [5.41, 5.74) is 1.18. The highest BCUT2D eigenvalue weighted by molar-refractivity contribution is 5.83. The number of hydrogen-bond donors (Lipinski definition) is 0. The van der Waals surface area contributed by atoms with E-state index in [0.717, 1.165) is 18.1 Å². The average molecular weight is 471 g/mol. The second-order valence-corrected chi connectivity index (χ2v) is 7.16. The van der Waals surface area contributed by atoms with Gasteiger partial charge in [0.1, 0.15) is 24.2 Å². The van der Waals surface area contributed by atoms with Crippen LogP contribution in [0.25, 0.3) is 10.8 Å². The zero-order valence-corrected chi connectivity index (χ0v) is 23.5.